The zero-order valence-electron chi connectivity index (χ0n) is 10.4. The molecule has 1 aromatic carbocycles. The van der Waals surface area contributed by atoms with Crippen molar-refractivity contribution in [3.8, 4) is 0 Å². The van der Waals surface area contributed by atoms with Crippen LogP contribution in [-0.4, -0.2) is 15.0 Å². The molecular weight excluding hydrogens is 255 g/mol. The van der Waals surface area contributed by atoms with Gasteiger partial charge in [0.15, 0.2) is 0 Å². The molecule has 1 aromatic rings. The highest BCUT2D eigenvalue weighted by molar-refractivity contribution is 7.89. The Bertz CT molecular complexity index is 489. The van der Waals surface area contributed by atoms with Gasteiger partial charge in [-0.3, -0.25) is 0 Å². The van der Waals surface area contributed by atoms with Gasteiger partial charge in [0.05, 0.1) is 5.69 Å². The Morgan fingerprint density at radius 3 is 2.61 bits per heavy atom. The number of anilines is 1. The predicted molar refractivity (Wildman–Crippen MR) is 70.1 cm³/mol. The third-order valence-corrected chi connectivity index (χ3v) is 4.12. The van der Waals surface area contributed by atoms with Crippen LogP contribution in [0.4, 0.5) is 10.1 Å². The maximum Gasteiger partial charge on any atom is 0.242 e. The number of unbranched alkanes of at least 4 members (excludes halogenated alkanes) is 3. The van der Waals surface area contributed by atoms with Crippen LogP contribution in [0.2, 0.25) is 0 Å². The van der Waals surface area contributed by atoms with Crippen LogP contribution in [0.15, 0.2) is 23.1 Å². The quantitative estimate of drug-likeness (QED) is 0.592. The van der Waals surface area contributed by atoms with Crippen LogP contribution in [0.3, 0.4) is 0 Å². The average Bonchev–Trinajstić information content (AvgIpc) is 2.28. The first-order valence-electron chi connectivity index (χ1n) is 6.02. The van der Waals surface area contributed by atoms with E-state index in [1.54, 1.807) is 0 Å². The molecule has 0 saturated heterocycles. The van der Waals surface area contributed by atoms with Crippen LogP contribution >= 0.6 is 0 Å². The topological polar surface area (TPSA) is 72.2 Å². The Hall–Kier alpha value is -1.14. The highest BCUT2D eigenvalue weighted by Gasteiger charge is 2.16. The molecule has 0 aliphatic carbocycles. The summed E-state index contributed by atoms with van der Waals surface area (Å²) >= 11 is 0. The molecular formula is C12H19FN2O2S. The molecule has 0 saturated carbocycles. The van der Waals surface area contributed by atoms with Gasteiger partial charge in [-0.1, -0.05) is 26.2 Å². The summed E-state index contributed by atoms with van der Waals surface area (Å²) in [6, 6.07) is 3.27. The number of halogens is 1. The van der Waals surface area contributed by atoms with E-state index in [9.17, 15) is 12.8 Å². The zero-order valence-corrected chi connectivity index (χ0v) is 11.3. The lowest BCUT2D eigenvalue weighted by Crippen LogP contribution is -2.25. The summed E-state index contributed by atoms with van der Waals surface area (Å²) in [5.41, 5.74) is 5.43. The number of nitrogens with one attached hydrogen (secondary N) is 1. The van der Waals surface area contributed by atoms with Crippen molar-refractivity contribution in [2.45, 2.75) is 37.5 Å². The standard InChI is InChI=1S/C12H19FN2O2S/c1-2-3-4-5-8-15-18(16,17)12-7-6-10(13)9-11(12)14/h6-7,9,15H,2-5,8,14H2,1H3. The third kappa shape index (κ3) is 4.27. The summed E-state index contributed by atoms with van der Waals surface area (Å²) in [5.74, 6) is -0.547. The van der Waals surface area contributed by atoms with Crippen molar-refractivity contribution >= 4 is 15.7 Å². The lowest BCUT2D eigenvalue weighted by Gasteiger charge is -2.08. The molecule has 0 aliphatic heterocycles. The lowest BCUT2D eigenvalue weighted by molar-refractivity contribution is 0.573. The Morgan fingerprint density at radius 2 is 2.00 bits per heavy atom. The fraction of sp³-hybridized carbons (Fsp3) is 0.500. The molecule has 0 radical (unpaired) electrons. The van der Waals surface area contributed by atoms with E-state index in [0.717, 1.165) is 37.8 Å². The summed E-state index contributed by atoms with van der Waals surface area (Å²) in [4.78, 5) is -0.0700. The molecule has 0 bridgehead atoms. The second-order valence-electron chi connectivity index (χ2n) is 4.14. The van der Waals surface area contributed by atoms with Crippen LogP contribution in [-0.2, 0) is 10.0 Å². The largest absolute Gasteiger partial charge is 0.398 e. The highest BCUT2D eigenvalue weighted by atomic mass is 32.2. The SMILES string of the molecule is CCCCCCNS(=O)(=O)c1ccc(F)cc1N. The molecule has 0 fully saturated rings. The van der Waals surface area contributed by atoms with Crippen LogP contribution in [0, 0.1) is 5.82 Å². The Labute approximate surface area is 107 Å². The monoisotopic (exact) mass is 274 g/mol. The molecule has 0 spiro atoms. The van der Waals surface area contributed by atoms with Crippen LogP contribution in [0.5, 0.6) is 0 Å². The van der Waals surface area contributed by atoms with Gasteiger partial charge < -0.3 is 5.73 Å². The molecule has 0 unspecified atom stereocenters. The van der Waals surface area contributed by atoms with Crippen LogP contribution < -0.4 is 10.5 Å². The Kier molecular flexibility index (Phi) is 5.55. The maximum absolute atomic E-state index is 12.8. The summed E-state index contributed by atoms with van der Waals surface area (Å²) in [6.45, 7) is 2.46. The number of hydrogen-bond acceptors (Lipinski definition) is 3. The Morgan fingerprint density at radius 1 is 1.28 bits per heavy atom. The van der Waals surface area contributed by atoms with Gasteiger partial charge >= 0.3 is 0 Å². The minimum atomic E-state index is -3.64. The first-order chi connectivity index (χ1) is 8.47. The molecule has 18 heavy (non-hydrogen) atoms. The van der Waals surface area contributed by atoms with E-state index in [0.29, 0.717) is 6.54 Å². The smallest absolute Gasteiger partial charge is 0.242 e. The number of sulfonamides is 1. The van der Waals surface area contributed by atoms with E-state index in [1.807, 2.05) is 0 Å². The molecule has 4 nitrogen and oxygen atoms in total. The minimum Gasteiger partial charge on any atom is -0.398 e. The van der Waals surface area contributed by atoms with Gasteiger partial charge in [-0.15, -0.1) is 0 Å². The number of benzene rings is 1. The summed E-state index contributed by atoms with van der Waals surface area (Å²) in [6.07, 6.45) is 3.95. The van der Waals surface area contributed by atoms with E-state index in [1.165, 1.54) is 6.07 Å². The van der Waals surface area contributed by atoms with Gasteiger partial charge in [-0.2, -0.15) is 0 Å². The molecule has 1 rings (SSSR count). The first kappa shape index (κ1) is 14.9. The fourth-order valence-corrected chi connectivity index (χ4v) is 2.79. The summed E-state index contributed by atoms with van der Waals surface area (Å²) in [7, 11) is -3.64. The van der Waals surface area contributed by atoms with E-state index >= 15 is 0 Å². The zero-order chi connectivity index (χ0) is 13.6. The number of nitrogens with two attached hydrogens (primary N) is 1. The van der Waals surface area contributed by atoms with E-state index < -0.39 is 15.8 Å². The molecule has 0 atom stereocenters. The maximum atomic E-state index is 12.8. The van der Waals surface area contributed by atoms with E-state index in [4.69, 9.17) is 5.73 Å². The summed E-state index contributed by atoms with van der Waals surface area (Å²) in [5, 5.41) is 0. The molecule has 0 heterocycles. The Balaban J connectivity index is 2.63. The second kappa shape index (κ2) is 6.70. The van der Waals surface area contributed by atoms with Gasteiger partial charge in [0.1, 0.15) is 10.7 Å². The molecule has 3 N–H and O–H groups in total. The molecule has 0 amide bonds. The van der Waals surface area contributed by atoms with Gasteiger partial charge in [-0.05, 0) is 24.6 Å². The number of nitrogen functional groups attached to an aromatic ring is 1. The lowest BCUT2D eigenvalue weighted by atomic mass is 10.2. The average molecular weight is 274 g/mol. The van der Waals surface area contributed by atoms with Crippen molar-refractivity contribution in [1.82, 2.24) is 4.72 Å². The fourth-order valence-electron chi connectivity index (χ4n) is 1.60. The molecule has 102 valence electrons. The normalized spacial score (nSPS) is 11.7. The molecule has 6 heteroatoms. The predicted octanol–water partition coefficient (Wildman–Crippen LogP) is 2.27. The van der Waals surface area contributed by atoms with Gasteiger partial charge in [-0.25, -0.2) is 17.5 Å². The van der Waals surface area contributed by atoms with Crippen molar-refractivity contribution in [1.29, 1.82) is 0 Å². The number of hydrogen-bond donors (Lipinski definition) is 2. The van der Waals surface area contributed by atoms with Gasteiger partial charge in [0.25, 0.3) is 0 Å². The first-order valence-corrected chi connectivity index (χ1v) is 7.50. The molecule has 0 aromatic heterocycles. The van der Waals surface area contributed by atoms with E-state index in [2.05, 4.69) is 11.6 Å². The van der Waals surface area contributed by atoms with Crippen LogP contribution in [0.25, 0.3) is 0 Å². The third-order valence-electron chi connectivity index (χ3n) is 2.58. The van der Waals surface area contributed by atoms with Crippen LogP contribution in [0.1, 0.15) is 32.6 Å². The van der Waals surface area contributed by atoms with Crippen molar-refractivity contribution in [3.05, 3.63) is 24.0 Å². The van der Waals surface area contributed by atoms with Gasteiger partial charge in [0.2, 0.25) is 10.0 Å². The number of rotatable bonds is 7. The van der Waals surface area contributed by atoms with Crippen molar-refractivity contribution in [3.63, 3.8) is 0 Å². The van der Waals surface area contributed by atoms with Gasteiger partial charge in [0, 0.05) is 6.54 Å². The molecule has 0 aliphatic rings. The minimum absolute atomic E-state index is 0.0700. The van der Waals surface area contributed by atoms with Crippen molar-refractivity contribution < 1.29 is 12.8 Å². The van der Waals surface area contributed by atoms with Crippen molar-refractivity contribution in [2.75, 3.05) is 12.3 Å². The van der Waals surface area contributed by atoms with Crippen molar-refractivity contribution in [2.24, 2.45) is 0 Å². The van der Waals surface area contributed by atoms with E-state index in [-0.39, 0.29) is 10.6 Å². The highest BCUT2D eigenvalue weighted by Crippen LogP contribution is 2.18. The summed E-state index contributed by atoms with van der Waals surface area (Å²) < 4.78 is 39.1. The second-order valence-corrected chi connectivity index (χ2v) is 5.88.